The Morgan fingerprint density at radius 3 is 1.52 bits per heavy atom. The van der Waals surface area contributed by atoms with Crippen molar-refractivity contribution in [3.8, 4) is 0 Å². The number of esters is 1. The first-order valence-electron chi connectivity index (χ1n) is 27.8. The van der Waals surface area contributed by atoms with Crippen molar-refractivity contribution in [1.82, 2.24) is 15.1 Å². The number of carbonyl (C=O) groups excluding carboxylic acids is 3. The van der Waals surface area contributed by atoms with E-state index in [1.807, 2.05) is 4.90 Å². The van der Waals surface area contributed by atoms with E-state index in [0.717, 1.165) is 127 Å². The molecule has 7 nitrogen and oxygen atoms in total. The van der Waals surface area contributed by atoms with Crippen LogP contribution in [0.15, 0.2) is 48.6 Å². The maximum Gasteiger partial charge on any atom is 0.305 e. The van der Waals surface area contributed by atoms with Gasteiger partial charge in [-0.15, -0.1) is 0 Å². The minimum atomic E-state index is -0.448. The smallest absolute Gasteiger partial charge is 0.305 e. The number of hydrogen-bond acceptors (Lipinski definition) is 5. The third-order valence-electron chi connectivity index (χ3n) is 14.5. The molecule has 4 fully saturated rings. The van der Waals surface area contributed by atoms with Crippen molar-refractivity contribution in [3.05, 3.63) is 48.6 Å². The van der Waals surface area contributed by atoms with E-state index in [0.29, 0.717) is 32.4 Å². The van der Waals surface area contributed by atoms with Crippen LogP contribution in [0.5, 0.6) is 0 Å². The van der Waals surface area contributed by atoms with Crippen molar-refractivity contribution < 1.29 is 19.1 Å². The molecule has 0 radical (unpaired) electrons. The molecule has 372 valence electrons. The molecular formula is C58H101N3O4. The summed E-state index contributed by atoms with van der Waals surface area (Å²) in [7, 11) is 4.16. The number of allylic oxidation sites excluding steroid dienone is 8. The zero-order chi connectivity index (χ0) is 46.6. The summed E-state index contributed by atoms with van der Waals surface area (Å²) in [5.41, 5.74) is -0.0845. The number of unbranched alkanes of at least 4 members (excludes halogenated alkanes) is 18. The number of rotatable bonds is 41. The first-order valence-corrected chi connectivity index (χ1v) is 27.8. The second-order valence-corrected chi connectivity index (χ2v) is 21.0. The Hall–Kier alpha value is -2.67. The van der Waals surface area contributed by atoms with Crippen LogP contribution in [-0.2, 0) is 19.1 Å². The van der Waals surface area contributed by atoms with Crippen molar-refractivity contribution in [1.29, 1.82) is 0 Å². The molecule has 4 aliphatic rings. The number of hydrogen-bond donors (Lipinski definition) is 1. The molecule has 7 heteroatoms. The van der Waals surface area contributed by atoms with Gasteiger partial charge in [-0.2, -0.15) is 0 Å². The summed E-state index contributed by atoms with van der Waals surface area (Å²) >= 11 is 0. The maximum absolute atomic E-state index is 14.6. The molecule has 4 saturated carbocycles. The van der Waals surface area contributed by atoms with Gasteiger partial charge in [0.1, 0.15) is 6.04 Å². The van der Waals surface area contributed by atoms with Gasteiger partial charge >= 0.3 is 5.97 Å². The largest absolute Gasteiger partial charge is 0.466 e. The minimum absolute atomic E-state index is 0.0778. The van der Waals surface area contributed by atoms with E-state index in [4.69, 9.17) is 4.74 Å². The van der Waals surface area contributed by atoms with Crippen LogP contribution in [0.25, 0.3) is 0 Å². The highest BCUT2D eigenvalue weighted by atomic mass is 16.5. The summed E-state index contributed by atoms with van der Waals surface area (Å²) in [6.07, 6.45) is 56.4. The van der Waals surface area contributed by atoms with Crippen LogP contribution in [0.2, 0.25) is 0 Å². The summed E-state index contributed by atoms with van der Waals surface area (Å²) in [6.45, 7) is 6.43. The third-order valence-corrected chi connectivity index (χ3v) is 14.5. The number of ether oxygens (including phenoxy) is 1. The van der Waals surface area contributed by atoms with Crippen LogP contribution in [0.1, 0.15) is 239 Å². The van der Waals surface area contributed by atoms with E-state index in [2.05, 4.69) is 86.8 Å². The highest BCUT2D eigenvalue weighted by Crippen LogP contribution is 2.55. The Morgan fingerprint density at radius 2 is 1.02 bits per heavy atom. The molecule has 0 aromatic carbocycles. The number of amides is 2. The molecule has 2 amide bonds. The maximum atomic E-state index is 14.6. The standard InChI is InChI=1S/C58H101N3O4/c1-5-7-9-11-13-15-17-19-21-23-25-27-29-31-35-40-55(62)61(43-38-42-60(3)4)54(57(64)59-58-48-51-45-52(49-58)47-53(46-51)50-58)39-34-33-37-44-65-56(63)41-36-32-30-28-26-24-22-20-18-16-14-12-10-8-6-2/h13-16,19-22,51-54H,5-12,17-18,23-50H2,1-4H3,(H,59,64)/b15-13-,16-14-,21-19-,22-20-. The summed E-state index contributed by atoms with van der Waals surface area (Å²) in [5.74, 6) is 2.36. The number of nitrogens with one attached hydrogen (secondary N) is 1. The molecule has 0 aromatic rings. The lowest BCUT2D eigenvalue weighted by atomic mass is 9.53. The monoisotopic (exact) mass is 904 g/mol. The quantitative estimate of drug-likeness (QED) is 0.0376. The molecule has 4 bridgehead atoms. The van der Waals surface area contributed by atoms with E-state index in [1.165, 1.54) is 103 Å². The zero-order valence-electron chi connectivity index (χ0n) is 42.8. The Morgan fingerprint density at radius 1 is 0.554 bits per heavy atom. The van der Waals surface area contributed by atoms with Crippen molar-refractivity contribution in [3.63, 3.8) is 0 Å². The van der Waals surface area contributed by atoms with Gasteiger partial charge in [-0.25, -0.2) is 0 Å². The van der Waals surface area contributed by atoms with E-state index in [-0.39, 0.29) is 23.3 Å². The summed E-state index contributed by atoms with van der Waals surface area (Å²) in [4.78, 5) is 45.4. The van der Waals surface area contributed by atoms with Gasteiger partial charge in [0.25, 0.3) is 0 Å². The van der Waals surface area contributed by atoms with Crippen LogP contribution in [-0.4, -0.2) is 73.0 Å². The molecule has 4 rings (SSSR count). The molecule has 1 unspecified atom stereocenters. The van der Waals surface area contributed by atoms with Gasteiger partial charge in [0.2, 0.25) is 11.8 Å². The third kappa shape index (κ3) is 26.5. The lowest BCUT2D eigenvalue weighted by molar-refractivity contribution is -0.144. The molecule has 1 N–H and O–H groups in total. The highest BCUT2D eigenvalue weighted by molar-refractivity contribution is 5.88. The summed E-state index contributed by atoms with van der Waals surface area (Å²) in [5, 5.41) is 3.68. The molecule has 4 aliphatic carbocycles. The lowest BCUT2D eigenvalue weighted by Crippen LogP contribution is -2.63. The van der Waals surface area contributed by atoms with Gasteiger partial charge in [0.05, 0.1) is 6.61 Å². The molecule has 0 heterocycles. The average Bonchev–Trinajstić information content (AvgIpc) is 3.27. The van der Waals surface area contributed by atoms with Gasteiger partial charge in [0.15, 0.2) is 0 Å². The van der Waals surface area contributed by atoms with E-state index in [1.54, 1.807) is 0 Å². The minimum Gasteiger partial charge on any atom is -0.466 e. The molecule has 0 spiro atoms. The van der Waals surface area contributed by atoms with Crippen LogP contribution < -0.4 is 5.32 Å². The van der Waals surface area contributed by atoms with Crippen molar-refractivity contribution in [2.45, 2.75) is 250 Å². The molecular weight excluding hydrogens is 803 g/mol. The normalized spacial score (nSPS) is 20.9. The molecule has 0 saturated heterocycles. The van der Waals surface area contributed by atoms with Gasteiger partial charge in [-0.3, -0.25) is 14.4 Å². The Labute approximate surface area is 400 Å². The van der Waals surface area contributed by atoms with Crippen LogP contribution >= 0.6 is 0 Å². The fourth-order valence-corrected chi connectivity index (χ4v) is 11.2. The van der Waals surface area contributed by atoms with Gasteiger partial charge in [0, 0.05) is 24.9 Å². The summed E-state index contributed by atoms with van der Waals surface area (Å²) < 4.78 is 5.65. The summed E-state index contributed by atoms with van der Waals surface area (Å²) in [6, 6.07) is -0.448. The fourth-order valence-electron chi connectivity index (χ4n) is 11.2. The Kier molecular flexibility index (Phi) is 31.7. The second-order valence-electron chi connectivity index (χ2n) is 21.0. The van der Waals surface area contributed by atoms with Gasteiger partial charge in [-0.1, -0.05) is 133 Å². The van der Waals surface area contributed by atoms with Crippen LogP contribution in [0.3, 0.4) is 0 Å². The first kappa shape index (κ1) is 56.7. The Bertz CT molecular complexity index is 1330. The first-order chi connectivity index (χ1) is 31.7. The lowest BCUT2D eigenvalue weighted by Gasteiger charge is -2.57. The zero-order valence-corrected chi connectivity index (χ0v) is 42.8. The van der Waals surface area contributed by atoms with Crippen molar-refractivity contribution in [2.24, 2.45) is 17.8 Å². The van der Waals surface area contributed by atoms with E-state index >= 15 is 0 Å². The van der Waals surface area contributed by atoms with Crippen LogP contribution in [0, 0.1) is 17.8 Å². The van der Waals surface area contributed by atoms with Crippen molar-refractivity contribution >= 4 is 17.8 Å². The van der Waals surface area contributed by atoms with Crippen molar-refractivity contribution in [2.75, 3.05) is 33.8 Å². The molecule has 0 aliphatic heterocycles. The van der Waals surface area contributed by atoms with Gasteiger partial charge in [-0.05, 0) is 180 Å². The van der Waals surface area contributed by atoms with Gasteiger partial charge < -0.3 is 19.9 Å². The predicted octanol–water partition coefficient (Wildman–Crippen LogP) is 15.0. The topological polar surface area (TPSA) is 79.0 Å². The Balaban J connectivity index is 1.40. The second kappa shape index (κ2) is 36.4. The van der Waals surface area contributed by atoms with E-state index < -0.39 is 6.04 Å². The van der Waals surface area contributed by atoms with Crippen LogP contribution in [0.4, 0.5) is 0 Å². The molecule has 65 heavy (non-hydrogen) atoms. The molecule has 0 aromatic heterocycles. The molecule has 1 atom stereocenters. The highest BCUT2D eigenvalue weighted by Gasteiger charge is 2.52. The fraction of sp³-hybridized carbons (Fsp3) is 0.810. The SMILES string of the molecule is CCCCC/C=C\C/C=C\CCCCCCCC(=O)OCCCCCC(C(=O)NC12CC3CC(CC(C3)C1)C2)N(CCCN(C)C)C(=O)CCCCCCC/C=C\C/C=C\CCCCC. The predicted molar refractivity (Wildman–Crippen MR) is 276 cm³/mol. The number of carbonyl (C=O) groups is 3. The van der Waals surface area contributed by atoms with E-state index in [9.17, 15) is 14.4 Å². The average molecular weight is 904 g/mol. The number of nitrogens with zero attached hydrogens (tertiary/aromatic N) is 2.